The van der Waals surface area contributed by atoms with E-state index in [1.54, 1.807) is 25.1 Å². The van der Waals surface area contributed by atoms with Crippen LogP contribution in [0.5, 0.6) is 0 Å². The Morgan fingerprint density at radius 2 is 1.82 bits per heavy atom. The molecule has 0 atom stereocenters. The molecule has 0 N–H and O–H groups in total. The molecule has 2 aromatic carbocycles. The van der Waals surface area contributed by atoms with Crippen molar-refractivity contribution in [3.8, 4) is 0 Å². The molecule has 0 spiro atoms. The Balaban J connectivity index is 2.20. The second-order valence-electron chi connectivity index (χ2n) is 5.53. The number of thiazole rings is 1. The minimum atomic E-state index is -0.598. The highest BCUT2D eigenvalue weighted by molar-refractivity contribution is 7.16. The number of aromatic nitrogens is 1. The second kappa shape index (κ2) is 8.84. The zero-order chi connectivity index (χ0) is 20.4. The SMILES string of the molecule is CCOC(=O)Cn1c(=NC(=O)c2cc(Cl)ccc2Cl)sc2ccc(Cl)c(Cl)c21. The van der Waals surface area contributed by atoms with Gasteiger partial charge in [0.1, 0.15) is 6.54 Å². The summed E-state index contributed by atoms with van der Waals surface area (Å²) >= 11 is 25.7. The lowest BCUT2D eigenvalue weighted by Gasteiger charge is -2.07. The van der Waals surface area contributed by atoms with E-state index in [4.69, 9.17) is 51.1 Å². The molecule has 0 saturated carbocycles. The molecular weight excluding hydrogens is 466 g/mol. The van der Waals surface area contributed by atoms with E-state index in [0.717, 1.165) is 0 Å². The topological polar surface area (TPSA) is 60.7 Å². The Hall–Kier alpha value is -1.57. The highest BCUT2D eigenvalue weighted by Crippen LogP contribution is 2.32. The van der Waals surface area contributed by atoms with Crippen LogP contribution < -0.4 is 4.80 Å². The van der Waals surface area contributed by atoms with E-state index in [-0.39, 0.29) is 33.6 Å². The number of carbonyl (C=O) groups excluding carboxylic acids is 2. The number of ether oxygens (including phenoxy) is 1. The number of esters is 1. The van der Waals surface area contributed by atoms with Crippen LogP contribution in [0.15, 0.2) is 35.3 Å². The highest BCUT2D eigenvalue weighted by atomic mass is 35.5. The lowest BCUT2D eigenvalue weighted by molar-refractivity contribution is -0.143. The Morgan fingerprint density at radius 3 is 2.54 bits per heavy atom. The van der Waals surface area contributed by atoms with Crippen molar-refractivity contribution in [2.24, 2.45) is 4.99 Å². The van der Waals surface area contributed by atoms with Crippen LogP contribution in [0, 0.1) is 0 Å². The zero-order valence-electron chi connectivity index (χ0n) is 14.3. The number of halogens is 4. The van der Waals surface area contributed by atoms with Crippen LogP contribution in [0.4, 0.5) is 0 Å². The van der Waals surface area contributed by atoms with Crippen molar-refractivity contribution < 1.29 is 14.3 Å². The first kappa shape index (κ1) is 21.1. The van der Waals surface area contributed by atoms with Crippen molar-refractivity contribution in [3.05, 3.63) is 60.8 Å². The number of hydrogen-bond donors (Lipinski definition) is 0. The molecule has 0 saturated heterocycles. The van der Waals surface area contributed by atoms with Gasteiger partial charge in [-0.3, -0.25) is 9.59 Å². The van der Waals surface area contributed by atoms with E-state index >= 15 is 0 Å². The molecule has 0 fully saturated rings. The van der Waals surface area contributed by atoms with Crippen LogP contribution in [-0.4, -0.2) is 23.1 Å². The molecule has 3 rings (SSSR count). The van der Waals surface area contributed by atoms with Crippen LogP contribution in [0.25, 0.3) is 10.2 Å². The molecule has 0 radical (unpaired) electrons. The van der Waals surface area contributed by atoms with Crippen LogP contribution in [0.3, 0.4) is 0 Å². The van der Waals surface area contributed by atoms with Crippen LogP contribution in [0.2, 0.25) is 20.1 Å². The lowest BCUT2D eigenvalue weighted by atomic mass is 10.2. The van der Waals surface area contributed by atoms with Crippen LogP contribution >= 0.6 is 57.7 Å². The Bertz CT molecular complexity index is 1150. The average molecular weight is 478 g/mol. The van der Waals surface area contributed by atoms with Gasteiger partial charge in [0.05, 0.1) is 37.5 Å². The van der Waals surface area contributed by atoms with Gasteiger partial charge in [-0.05, 0) is 37.3 Å². The fourth-order valence-electron chi connectivity index (χ4n) is 2.48. The Labute approximate surface area is 184 Å². The van der Waals surface area contributed by atoms with Crippen LogP contribution in [-0.2, 0) is 16.1 Å². The van der Waals surface area contributed by atoms with E-state index in [1.165, 1.54) is 28.0 Å². The molecule has 0 aliphatic heterocycles. The van der Waals surface area contributed by atoms with Gasteiger partial charge in [0.25, 0.3) is 5.91 Å². The standard InChI is InChI=1S/C18H12Cl4N2O3S/c1-2-27-14(25)8-24-16-13(6-5-12(21)15(16)22)28-18(24)23-17(26)10-7-9(19)3-4-11(10)20/h3-7H,2,8H2,1H3. The number of nitrogens with zero attached hydrogens (tertiary/aromatic N) is 2. The normalized spacial score (nSPS) is 11.8. The Kier molecular flexibility index (Phi) is 6.68. The van der Waals surface area contributed by atoms with Crippen molar-refractivity contribution in [2.75, 3.05) is 6.61 Å². The molecule has 28 heavy (non-hydrogen) atoms. The van der Waals surface area contributed by atoms with Crippen molar-refractivity contribution in [2.45, 2.75) is 13.5 Å². The predicted molar refractivity (Wildman–Crippen MR) is 113 cm³/mol. The van der Waals surface area contributed by atoms with Gasteiger partial charge in [-0.2, -0.15) is 4.99 Å². The minimum Gasteiger partial charge on any atom is -0.465 e. The Morgan fingerprint density at radius 1 is 1.11 bits per heavy atom. The summed E-state index contributed by atoms with van der Waals surface area (Å²) in [4.78, 5) is 29.2. The summed E-state index contributed by atoms with van der Waals surface area (Å²) in [5, 5.41) is 1.15. The number of rotatable bonds is 4. The predicted octanol–water partition coefficient (Wildman–Crippen LogP) is 5.62. The molecule has 0 unspecified atom stereocenters. The zero-order valence-corrected chi connectivity index (χ0v) is 18.2. The lowest BCUT2D eigenvalue weighted by Crippen LogP contribution is -2.23. The van der Waals surface area contributed by atoms with Gasteiger partial charge in [-0.15, -0.1) is 0 Å². The minimum absolute atomic E-state index is 0.151. The van der Waals surface area contributed by atoms with E-state index < -0.39 is 11.9 Å². The maximum Gasteiger partial charge on any atom is 0.326 e. The summed E-state index contributed by atoms with van der Waals surface area (Å²) in [7, 11) is 0. The first-order chi connectivity index (χ1) is 13.3. The van der Waals surface area contributed by atoms with Crippen molar-refractivity contribution in [1.29, 1.82) is 0 Å². The van der Waals surface area contributed by atoms with E-state index in [1.807, 2.05) is 0 Å². The molecule has 0 bridgehead atoms. The molecule has 3 aromatic rings. The fraction of sp³-hybridized carbons (Fsp3) is 0.167. The molecule has 1 heterocycles. The van der Waals surface area contributed by atoms with Crippen molar-refractivity contribution >= 4 is 79.8 Å². The number of benzene rings is 2. The van der Waals surface area contributed by atoms with E-state index in [0.29, 0.717) is 20.3 Å². The maximum absolute atomic E-state index is 12.7. The highest BCUT2D eigenvalue weighted by Gasteiger charge is 2.17. The quantitative estimate of drug-likeness (QED) is 0.458. The van der Waals surface area contributed by atoms with Crippen molar-refractivity contribution in [3.63, 3.8) is 0 Å². The molecule has 5 nitrogen and oxygen atoms in total. The second-order valence-corrected chi connectivity index (χ2v) is 8.16. The van der Waals surface area contributed by atoms with E-state index in [2.05, 4.69) is 4.99 Å². The third-order valence-corrected chi connectivity index (χ3v) is 6.09. The van der Waals surface area contributed by atoms with E-state index in [9.17, 15) is 9.59 Å². The van der Waals surface area contributed by atoms with Crippen molar-refractivity contribution in [1.82, 2.24) is 4.57 Å². The summed E-state index contributed by atoms with van der Waals surface area (Å²) in [6.07, 6.45) is 0. The summed E-state index contributed by atoms with van der Waals surface area (Å²) in [5.41, 5.74) is 0.648. The molecule has 0 aliphatic carbocycles. The third-order valence-electron chi connectivity index (χ3n) is 3.68. The summed E-state index contributed by atoms with van der Waals surface area (Å²) in [6, 6.07) is 7.90. The van der Waals surface area contributed by atoms with Gasteiger partial charge in [-0.25, -0.2) is 0 Å². The summed E-state index contributed by atoms with van der Waals surface area (Å²) in [5.74, 6) is -1.09. The first-order valence-electron chi connectivity index (χ1n) is 7.99. The van der Waals surface area contributed by atoms with Gasteiger partial charge in [-0.1, -0.05) is 57.7 Å². The number of amides is 1. The smallest absolute Gasteiger partial charge is 0.326 e. The molecule has 1 aromatic heterocycles. The maximum atomic E-state index is 12.7. The molecule has 146 valence electrons. The average Bonchev–Trinajstić information content (AvgIpc) is 2.98. The van der Waals surface area contributed by atoms with Gasteiger partial charge in [0.15, 0.2) is 4.80 Å². The van der Waals surface area contributed by atoms with Crippen LogP contribution in [0.1, 0.15) is 17.3 Å². The summed E-state index contributed by atoms with van der Waals surface area (Å²) in [6.45, 7) is 1.75. The largest absolute Gasteiger partial charge is 0.465 e. The first-order valence-corrected chi connectivity index (χ1v) is 10.3. The number of fused-ring (bicyclic) bond motifs is 1. The molecule has 10 heteroatoms. The van der Waals surface area contributed by atoms with Gasteiger partial charge in [0, 0.05) is 5.02 Å². The molecular formula is C18H12Cl4N2O3S. The third kappa shape index (κ3) is 4.36. The van der Waals surface area contributed by atoms with Gasteiger partial charge >= 0.3 is 5.97 Å². The number of carbonyl (C=O) groups is 2. The van der Waals surface area contributed by atoms with Gasteiger partial charge in [0.2, 0.25) is 0 Å². The molecule has 0 aliphatic rings. The molecule has 1 amide bonds. The van der Waals surface area contributed by atoms with Gasteiger partial charge < -0.3 is 9.30 Å². The summed E-state index contributed by atoms with van der Waals surface area (Å²) < 4.78 is 7.23. The fourth-order valence-corrected chi connectivity index (χ4v) is 4.36. The number of hydrogen-bond acceptors (Lipinski definition) is 4. The monoisotopic (exact) mass is 476 g/mol.